The van der Waals surface area contributed by atoms with Gasteiger partial charge in [-0.2, -0.15) is 0 Å². The molecular weight excluding hydrogens is 230 g/mol. The molecule has 19 heavy (non-hydrogen) atoms. The van der Waals surface area contributed by atoms with Crippen LogP contribution < -0.4 is 4.90 Å². The van der Waals surface area contributed by atoms with E-state index in [9.17, 15) is 0 Å². The van der Waals surface area contributed by atoms with E-state index >= 15 is 0 Å². The molecule has 1 heteroatoms. The third kappa shape index (κ3) is 2.81. The Balaban J connectivity index is 2.23. The van der Waals surface area contributed by atoms with E-state index in [-0.39, 0.29) is 0 Å². The summed E-state index contributed by atoms with van der Waals surface area (Å²) in [6, 6.07) is 10.5. The highest BCUT2D eigenvalue weighted by atomic mass is 15.2. The van der Waals surface area contributed by atoms with Gasteiger partial charge in [-0.25, -0.2) is 0 Å². The zero-order chi connectivity index (χ0) is 13.8. The molecule has 0 unspecified atom stereocenters. The van der Waals surface area contributed by atoms with Crippen LogP contribution in [0.4, 0.5) is 5.69 Å². The second-order valence-corrected chi connectivity index (χ2v) is 5.14. The van der Waals surface area contributed by atoms with E-state index in [1.807, 2.05) is 6.07 Å². The number of anilines is 1. The van der Waals surface area contributed by atoms with Gasteiger partial charge in [0.15, 0.2) is 0 Å². The summed E-state index contributed by atoms with van der Waals surface area (Å²) >= 11 is 0. The number of benzene rings is 1. The average molecular weight is 253 g/mol. The van der Waals surface area contributed by atoms with Gasteiger partial charge in [-0.05, 0) is 43.0 Å². The molecule has 1 saturated heterocycles. The van der Waals surface area contributed by atoms with Gasteiger partial charge in [0, 0.05) is 17.9 Å². The van der Waals surface area contributed by atoms with Crippen molar-refractivity contribution in [2.45, 2.75) is 33.1 Å². The summed E-state index contributed by atoms with van der Waals surface area (Å²) in [5.74, 6) is 0. The molecule has 0 aromatic heterocycles. The minimum atomic E-state index is 1.02. The van der Waals surface area contributed by atoms with Crippen molar-refractivity contribution < 1.29 is 0 Å². The summed E-state index contributed by atoms with van der Waals surface area (Å²) in [7, 11) is 0. The number of para-hydroxylation sites is 1. The Morgan fingerprint density at radius 1 is 1.26 bits per heavy atom. The lowest BCUT2D eigenvalue weighted by Crippen LogP contribution is -2.15. The van der Waals surface area contributed by atoms with Crippen LogP contribution in [0, 0.1) is 0 Å². The van der Waals surface area contributed by atoms with Crippen LogP contribution in [0.1, 0.15) is 33.1 Å². The third-order valence-electron chi connectivity index (χ3n) is 3.86. The number of rotatable bonds is 4. The third-order valence-corrected chi connectivity index (χ3v) is 3.86. The van der Waals surface area contributed by atoms with E-state index in [2.05, 4.69) is 56.2 Å². The largest absolute Gasteiger partial charge is 0.341 e. The molecule has 1 aliphatic heterocycles. The fourth-order valence-corrected chi connectivity index (χ4v) is 2.67. The highest BCUT2D eigenvalue weighted by Gasteiger charge is 2.23. The molecule has 0 N–H and O–H groups in total. The Bertz CT molecular complexity index is 508. The maximum Gasteiger partial charge on any atom is 0.0410 e. The Morgan fingerprint density at radius 3 is 2.58 bits per heavy atom. The van der Waals surface area contributed by atoms with E-state index in [1.165, 1.54) is 22.4 Å². The van der Waals surface area contributed by atoms with Crippen molar-refractivity contribution in [1.29, 1.82) is 0 Å². The summed E-state index contributed by atoms with van der Waals surface area (Å²) in [5.41, 5.74) is 6.35. The van der Waals surface area contributed by atoms with Gasteiger partial charge >= 0.3 is 0 Å². The normalized spacial score (nSPS) is 17.8. The van der Waals surface area contributed by atoms with Crippen molar-refractivity contribution in [2.24, 2.45) is 0 Å². The summed E-state index contributed by atoms with van der Waals surface area (Å²) in [6.07, 6.45) is 3.30. The first kappa shape index (κ1) is 13.7. The average Bonchev–Trinajstić information content (AvgIpc) is 2.81. The molecule has 0 radical (unpaired) electrons. The smallest absolute Gasteiger partial charge is 0.0410 e. The first-order chi connectivity index (χ1) is 9.15. The second kappa shape index (κ2) is 5.92. The second-order valence-electron chi connectivity index (χ2n) is 5.14. The molecule has 1 aromatic rings. The van der Waals surface area contributed by atoms with E-state index < -0.39 is 0 Å². The van der Waals surface area contributed by atoms with Crippen LogP contribution in [0.2, 0.25) is 0 Å². The van der Waals surface area contributed by atoms with Gasteiger partial charge in [0.05, 0.1) is 0 Å². The summed E-state index contributed by atoms with van der Waals surface area (Å²) < 4.78 is 0. The van der Waals surface area contributed by atoms with Crippen LogP contribution in [0.15, 0.2) is 65.9 Å². The number of hydrogen-bond donors (Lipinski definition) is 0. The van der Waals surface area contributed by atoms with Crippen molar-refractivity contribution in [3.05, 3.63) is 65.9 Å². The lowest BCUT2D eigenvalue weighted by Gasteiger charge is -2.20. The van der Waals surface area contributed by atoms with Crippen LogP contribution in [0.3, 0.4) is 0 Å². The molecule has 1 heterocycles. The molecule has 0 bridgehead atoms. The SMILES string of the molecule is C=C(CCC)/C(C)=C1\CCN(c2ccccc2)C1=C. The van der Waals surface area contributed by atoms with Crippen molar-refractivity contribution in [2.75, 3.05) is 11.4 Å². The van der Waals surface area contributed by atoms with E-state index in [4.69, 9.17) is 0 Å². The minimum Gasteiger partial charge on any atom is -0.341 e. The lowest BCUT2D eigenvalue weighted by molar-refractivity contribution is 0.908. The molecule has 1 aliphatic rings. The summed E-state index contributed by atoms with van der Waals surface area (Å²) in [4.78, 5) is 2.30. The predicted molar refractivity (Wildman–Crippen MR) is 84.3 cm³/mol. The quantitative estimate of drug-likeness (QED) is 0.723. The van der Waals surface area contributed by atoms with Crippen LogP contribution in [0.5, 0.6) is 0 Å². The fraction of sp³-hybridized carbons (Fsp3) is 0.333. The van der Waals surface area contributed by atoms with Crippen molar-refractivity contribution in [1.82, 2.24) is 0 Å². The fourth-order valence-electron chi connectivity index (χ4n) is 2.67. The molecule has 100 valence electrons. The van der Waals surface area contributed by atoms with Gasteiger partial charge in [-0.15, -0.1) is 0 Å². The van der Waals surface area contributed by atoms with Crippen molar-refractivity contribution in [3.63, 3.8) is 0 Å². The maximum absolute atomic E-state index is 4.28. The van der Waals surface area contributed by atoms with E-state index in [0.717, 1.165) is 31.5 Å². The molecule has 0 atom stereocenters. The molecule has 2 rings (SSSR count). The zero-order valence-electron chi connectivity index (χ0n) is 12.1. The monoisotopic (exact) mass is 253 g/mol. The number of allylic oxidation sites excluding steroid dienone is 3. The molecule has 0 saturated carbocycles. The molecule has 0 amide bonds. The van der Waals surface area contributed by atoms with Crippen LogP contribution in [0.25, 0.3) is 0 Å². The van der Waals surface area contributed by atoms with Gasteiger partial charge in [-0.1, -0.05) is 50.3 Å². The van der Waals surface area contributed by atoms with Crippen molar-refractivity contribution >= 4 is 5.69 Å². The number of hydrogen-bond acceptors (Lipinski definition) is 1. The first-order valence-corrected chi connectivity index (χ1v) is 7.05. The Labute approximate surface area is 116 Å². The first-order valence-electron chi connectivity index (χ1n) is 7.05. The highest BCUT2D eigenvalue weighted by molar-refractivity contribution is 5.61. The molecule has 1 nitrogen and oxygen atoms in total. The maximum atomic E-state index is 4.28. The van der Waals surface area contributed by atoms with Crippen molar-refractivity contribution in [3.8, 4) is 0 Å². The van der Waals surface area contributed by atoms with E-state index in [1.54, 1.807) is 0 Å². The predicted octanol–water partition coefficient (Wildman–Crippen LogP) is 5.08. The Hall–Kier alpha value is -1.76. The van der Waals surface area contributed by atoms with Gasteiger partial charge in [0.2, 0.25) is 0 Å². The van der Waals surface area contributed by atoms with Crippen LogP contribution in [-0.2, 0) is 0 Å². The Morgan fingerprint density at radius 2 is 1.95 bits per heavy atom. The molecule has 1 fully saturated rings. The molecule has 0 spiro atoms. The highest BCUT2D eigenvalue weighted by Crippen LogP contribution is 2.35. The topological polar surface area (TPSA) is 3.24 Å². The lowest BCUT2D eigenvalue weighted by atomic mass is 9.97. The molecule has 0 aliphatic carbocycles. The standard InChI is InChI=1S/C18H23N/c1-5-9-14(2)15(3)18-12-13-19(16(18)4)17-10-7-6-8-11-17/h6-8,10-11H,2,4-5,9,12-13H2,1,3H3/b18-15+. The van der Waals surface area contributed by atoms with Crippen LogP contribution >= 0.6 is 0 Å². The van der Waals surface area contributed by atoms with Gasteiger partial charge in [0.25, 0.3) is 0 Å². The summed E-state index contributed by atoms with van der Waals surface area (Å²) in [5, 5.41) is 0. The summed E-state index contributed by atoms with van der Waals surface area (Å²) in [6.45, 7) is 13.9. The van der Waals surface area contributed by atoms with Gasteiger partial charge in [0.1, 0.15) is 0 Å². The molecular formula is C18H23N. The zero-order valence-corrected chi connectivity index (χ0v) is 12.1. The number of nitrogens with zero attached hydrogens (tertiary/aromatic N) is 1. The van der Waals surface area contributed by atoms with E-state index in [0.29, 0.717) is 0 Å². The van der Waals surface area contributed by atoms with Gasteiger partial charge < -0.3 is 4.90 Å². The van der Waals surface area contributed by atoms with Gasteiger partial charge in [-0.3, -0.25) is 0 Å². The molecule has 1 aromatic carbocycles. The Kier molecular flexibility index (Phi) is 4.26. The van der Waals surface area contributed by atoms with Crippen LogP contribution in [-0.4, -0.2) is 6.54 Å². The minimum absolute atomic E-state index is 1.02.